The van der Waals surface area contributed by atoms with Gasteiger partial charge in [-0.2, -0.15) is 0 Å². The van der Waals surface area contributed by atoms with Crippen molar-refractivity contribution >= 4 is 33.2 Å². The monoisotopic (exact) mass is 405 g/mol. The maximum atomic E-state index is 11.4. The SMILES string of the molecule is CN(C)c1ccc(/C=C/C(=Nc2ccc(S(N)(=O)=O)cc2)c2ccccc2)cc1. The molecule has 0 aromatic heterocycles. The van der Waals surface area contributed by atoms with E-state index in [0.717, 1.165) is 22.5 Å². The molecule has 3 rings (SSSR count). The van der Waals surface area contributed by atoms with E-state index >= 15 is 0 Å². The molecule has 0 fully saturated rings. The van der Waals surface area contributed by atoms with Crippen LogP contribution < -0.4 is 10.0 Å². The van der Waals surface area contributed by atoms with Crippen molar-refractivity contribution in [1.29, 1.82) is 0 Å². The Hall–Kier alpha value is -3.22. The molecule has 3 aromatic carbocycles. The molecule has 29 heavy (non-hydrogen) atoms. The molecular weight excluding hydrogens is 382 g/mol. The molecule has 0 aliphatic carbocycles. The number of primary sulfonamides is 1. The lowest BCUT2D eigenvalue weighted by Gasteiger charge is -2.11. The lowest BCUT2D eigenvalue weighted by atomic mass is 10.1. The van der Waals surface area contributed by atoms with Crippen LogP contribution in [0.4, 0.5) is 11.4 Å². The highest BCUT2D eigenvalue weighted by atomic mass is 32.2. The van der Waals surface area contributed by atoms with Gasteiger partial charge in [-0.1, -0.05) is 48.5 Å². The fourth-order valence-corrected chi connectivity index (χ4v) is 3.23. The van der Waals surface area contributed by atoms with Crippen LogP contribution in [0.5, 0.6) is 0 Å². The molecule has 3 aromatic rings. The summed E-state index contributed by atoms with van der Waals surface area (Å²) in [6.07, 6.45) is 3.96. The molecule has 6 heteroatoms. The Labute approximate surface area is 171 Å². The first-order chi connectivity index (χ1) is 13.8. The van der Waals surface area contributed by atoms with Crippen LogP contribution >= 0.6 is 0 Å². The van der Waals surface area contributed by atoms with Crippen molar-refractivity contribution < 1.29 is 8.42 Å². The molecule has 0 spiro atoms. The van der Waals surface area contributed by atoms with Gasteiger partial charge in [-0.15, -0.1) is 0 Å². The second-order valence-electron chi connectivity index (χ2n) is 6.72. The fraction of sp³-hybridized carbons (Fsp3) is 0.0870. The molecule has 0 heterocycles. The minimum Gasteiger partial charge on any atom is -0.378 e. The molecule has 0 unspecified atom stereocenters. The topological polar surface area (TPSA) is 75.8 Å². The number of hydrogen-bond acceptors (Lipinski definition) is 4. The summed E-state index contributed by atoms with van der Waals surface area (Å²) in [4.78, 5) is 6.81. The highest BCUT2D eigenvalue weighted by molar-refractivity contribution is 7.89. The summed E-state index contributed by atoms with van der Waals surface area (Å²) in [5.74, 6) is 0. The van der Waals surface area contributed by atoms with Crippen LogP contribution in [0.2, 0.25) is 0 Å². The van der Waals surface area contributed by atoms with Crippen molar-refractivity contribution in [2.45, 2.75) is 4.90 Å². The summed E-state index contributed by atoms with van der Waals surface area (Å²) in [7, 11) is 0.290. The highest BCUT2D eigenvalue weighted by Gasteiger charge is 2.07. The molecular formula is C23H23N3O2S. The van der Waals surface area contributed by atoms with Crippen molar-refractivity contribution in [1.82, 2.24) is 0 Å². The zero-order chi connectivity index (χ0) is 20.9. The van der Waals surface area contributed by atoms with Gasteiger partial charge in [0.25, 0.3) is 0 Å². The van der Waals surface area contributed by atoms with E-state index in [1.165, 1.54) is 12.1 Å². The molecule has 0 atom stereocenters. The van der Waals surface area contributed by atoms with Crippen LogP contribution in [0.25, 0.3) is 6.08 Å². The number of anilines is 1. The zero-order valence-corrected chi connectivity index (χ0v) is 17.2. The van der Waals surface area contributed by atoms with Crippen molar-refractivity contribution in [3.05, 3.63) is 96.1 Å². The third-order valence-electron chi connectivity index (χ3n) is 4.33. The number of rotatable bonds is 6. The van der Waals surface area contributed by atoms with Gasteiger partial charge in [-0.25, -0.2) is 18.5 Å². The second-order valence-corrected chi connectivity index (χ2v) is 8.28. The molecule has 5 nitrogen and oxygen atoms in total. The van der Waals surface area contributed by atoms with Crippen molar-refractivity contribution in [2.75, 3.05) is 19.0 Å². The smallest absolute Gasteiger partial charge is 0.238 e. The summed E-state index contributed by atoms with van der Waals surface area (Å²) in [5.41, 5.74) is 4.57. The Kier molecular flexibility index (Phi) is 6.26. The second kappa shape index (κ2) is 8.86. The van der Waals surface area contributed by atoms with E-state index in [4.69, 9.17) is 10.1 Å². The first-order valence-corrected chi connectivity index (χ1v) is 10.6. The van der Waals surface area contributed by atoms with Gasteiger partial charge >= 0.3 is 0 Å². The van der Waals surface area contributed by atoms with Crippen LogP contribution in [-0.4, -0.2) is 28.2 Å². The first kappa shape index (κ1) is 20.5. The molecule has 0 aliphatic rings. The van der Waals surface area contributed by atoms with Crippen LogP contribution in [0.3, 0.4) is 0 Å². The predicted molar refractivity (Wildman–Crippen MR) is 120 cm³/mol. The first-order valence-electron chi connectivity index (χ1n) is 9.05. The Morgan fingerprint density at radius 1 is 0.897 bits per heavy atom. The highest BCUT2D eigenvalue weighted by Crippen LogP contribution is 2.19. The fourth-order valence-electron chi connectivity index (χ4n) is 2.72. The number of allylic oxidation sites excluding steroid dienone is 1. The average Bonchev–Trinajstić information content (AvgIpc) is 2.71. The van der Waals surface area contributed by atoms with E-state index in [-0.39, 0.29) is 4.90 Å². The number of nitrogens with zero attached hydrogens (tertiary/aromatic N) is 2. The van der Waals surface area contributed by atoms with Crippen LogP contribution in [0.15, 0.2) is 94.8 Å². The number of nitrogens with two attached hydrogens (primary N) is 1. The van der Waals surface area contributed by atoms with Crippen molar-refractivity contribution in [3.63, 3.8) is 0 Å². The molecule has 0 radical (unpaired) electrons. The van der Waals surface area contributed by atoms with E-state index in [1.54, 1.807) is 12.1 Å². The zero-order valence-electron chi connectivity index (χ0n) is 16.4. The molecule has 2 N–H and O–H groups in total. The number of aliphatic imine (C=N–C) groups is 1. The summed E-state index contributed by atoms with van der Waals surface area (Å²) < 4.78 is 22.9. The molecule has 0 saturated carbocycles. The standard InChI is InChI=1S/C23H23N3O2S/c1-26(2)21-13-8-18(9-14-21)10-17-23(19-6-4-3-5-7-19)25-20-11-15-22(16-12-20)29(24,27)28/h3-17H,1-2H3,(H2,24,27,28)/b17-10+,25-23?. The Morgan fingerprint density at radius 2 is 1.52 bits per heavy atom. The average molecular weight is 406 g/mol. The van der Waals surface area contributed by atoms with Gasteiger partial charge < -0.3 is 4.90 Å². The number of sulfonamides is 1. The Balaban J connectivity index is 1.94. The van der Waals surface area contributed by atoms with Gasteiger partial charge in [-0.05, 0) is 48.0 Å². The Bertz CT molecular complexity index is 1120. The predicted octanol–water partition coefficient (Wildman–Crippen LogP) is 4.23. The van der Waals surface area contributed by atoms with E-state index in [2.05, 4.69) is 29.2 Å². The third kappa shape index (κ3) is 5.63. The van der Waals surface area contributed by atoms with E-state index in [0.29, 0.717) is 5.69 Å². The van der Waals surface area contributed by atoms with Gasteiger partial charge in [0.05, 0.1) is 16.3 Å². The minimum absolute atomic E-state index is 0.0641. The van der Waals surface area contributed by atoms with E-state index < -0.39 is 10.0 Å². The van der Waals surface area contributed by atoms with Crippen molar-refractivity contribution in [2.24, 2.45) is 10.1 Å². The van der Waals surface area contributed by atoms with Gasteiger partial charge in [0.2, 0.25) is 10.0 Å². The molecule has 0 saturated heterocycles. The van der Waals surface area contributed by atoms with Gasteiger partial charge in [0, 0.05) is 25.3 Å². The third-order valence-corrected chi connectivity index (χ3v) is 5.26. The maximum Gasteiger partial charge on any atom is 0.238 e. The van der Waals surface area contributed by atoms with Crippen LogP contribution in [0, 0.1) is 0 Å². The largest absolute Gasteiger partial charge is 0.378 e. The lowest BCUT2D eigenvalue weighted by molar-refractivity contribution is 0.598. The Morgan fingerprint density at radius 3 is 2.07 bits per heavy atom. The van der Waals surface area contributed by atoms with Gasteiger partial charge in [-0.3, -0.25) is 0 Å². The van der Waals surface area contributed by atoms with Crippen LogP contribution in [-0.2, 0) is 10.0 Å². The minimum atomic E-state index is -3.72. The summed E-state index contributed by atoms with van der Waals surface area (Å²) in [6, 6.07) is 24.2. The van der Waals surface area contributed by atoms with E-state index in [9.17, 15) is 8.42 Å². The number of benzene rings is 3. The number of hydrogen-bond donors (Lipinski definition) is 1. The molecule has 0 amide bonds. The summed E-state index contributed by atoms with van der Waals surface area (Å²) >= 11 is 0. The maximum absolute atomic E-state index is 11.4. The molecule has 0 aliphatic heterocycles. The van der Waals surface area contributed by atoms with Crippen LogP contribution in [0.1, 0.15) is 11.1 Å². The summed E-state index contributed by atoms with van der Waals surface area (Å²) in [6.45, 7) is 0. The van der Waals surface area contributed by atoms with Gasteiger partial charge in [0.1, 0.15) is 0 Å². The normalized spacial score (nSPS) is 12.3. The van der Waals surface area contributed by atoms with Crippen molar-refractivity contribution in [3.8, 4) is 0 Å². The summed E-state index contributed by atoms with van der Waals surface area (Å²) in [5, 5.41) is 5.16. The molecule has 0 bridgehead atoms. The van der Waals surface area contributed by atoms with Gasteiger partial charge in [0.15, 0.2) is 0 Å². The lowest BCUT2D eigenvalue weighted by Crippen LogP contribution is -2.11. The molecule has 148 valence electrons. The van der Waals surface area contributed by atoms with E-state index in [1.807, 2.05) is 56.6 Å². The quantitative estimate of drug-likeness (QED) is 0.624.